The molecule has 4 aromatic rings. The van der Waals surface area contributed by atoms with Gasteiger partial charge in [0, 0.05) is 34.1 Å². The summed E-state index contributed by atoms with van der Waals surface area (Å²) in [5.74, 6) is 0.233. The van der Waals surface area contributed by atoms with Gasteiger partial charge in [0.1, 0.15) is 5.75 Å². The first kappa shape index (κ1) is 15.8. The highest BCUT2D eigenvalue weighted by Crippen LogP contribution is 2.42. The van der Waals surface area contributed by atoms with Crippen molar-refractivity contribution in [2.24, 2.45) is 5.73 Å². The van der Waals surface area contributed by atoms with E-state index in [0.29, 0.717) is 0 Å². The van der Waals surface area contributed by atoms with E-state index in [1.165, 1.54) is 0 Å². The number of phenolic OH excluding ortho intramolecular Hbond substituents is 1. The average Bonchev–Trinajstić information content (AvgIpc) is 3.10. The molecule has 0 aliphatic heterocycles. The zero-order valence-electron chi connectivity index (χ0n) is 13.9. The number of rotatable bonds is 3. The predicted octanol–water partition coefficient (Wildman–Crippen LogP) is 5.48. The van der Waals surface area contributed by atoms with Crippen LogP contribution in [0.3, 0.4) is 0 Å². The first-order valence-electron chi connectivity index (χ1n) is 8.10. The second-order valence-electron chi connectivity index (χ2n) is 6.16. The van der Waals surface area contributed by atoms with E-state index in [-0.39, 0.29) is 11.8 Å². The number of hydrogen-bond donors (Lipinski definition) is 2. The second-order valence-corrected chi connectivity index (χ2v) is 7.10. The minimum absolute atomic E-state index is 0.0206. The van der Waals surface area contributed by atoms with Crippen LogP contribution in [-0.2, 0) is 0 Å². The number of aromatic hydroxyl groups is 1. The van der Waals surface area contributed by atoms with Gasteiger partial charge in [0.25, 0.3) is 0 Å². The van der Waals surface area contributed by atoms with Crippen LogP contribution in [0.2, 0.25) is 0 Å². The van der Waals surface area contributed by atoms with Crippen LogP contribution in [0.15, 0.2) is 54.6 Å². The van der Waals surface area contributed by atoms with E-state index in [9.17, 15) is 5.11 Å². The van der Waals surface area contributed by atoms with Crippen molar-refractivity contribution in [1.29, 1.82) is 0 Å². The van der Waals surface area contributed by atoms with Crippen LogP contribution in [-0.4, -0.2) is 10.1 Å². The largest absolute Gasteiger partial charge is 0.507 e. The molecular formula is C21H18N2OS. The highest BCUT2D eigenvalue weighted by molar-refractivity contribution is 7.17. The molecule has 0 fully saturated rings. The fraction of sp³-hybridized carbons (Fsp3) is 0.0952. The molecule has 0 radical (unpaired) electrons. The summed E-state index contributed by atoms with van der Waals surface area (Å²) >= 11 is 1.65. The smallest absolute Gasteiger partial charge is 0.124 e. The first-order valence-corrected chi connectivity index (χ1v) is 8.98. The number of thiophene rings is 1. The van der Waals surface area contributed by atoms with E-state index in [2.05, 4.69) is 17.6 Å². The minimum Gasteiger partial charge on any atom is -0.507 e. The summed E-state index contributed by atoms with van der Waals surface area (Å²) in [5.41, 5.74) is 10.4. The summed E-state index contributed by atoms with van der Waals surface area (Å²) < 4.78 is 1.10. The maximum atomic E-state index is 10.8. The van der Waals surface area contributed by atoms with Gasteiger partial charge in [0.15, 0.2) is 0 Å². The normalized spacial score (nSPS) is 12.6. The lowest BCUT2D eigenvalue weighted by molar-refractivity contribution is 0.478. The van der Waals surface area contributed by atoms with Crippen LogP contribution in [0.4, 0.5) is 0 Å². The number of fused-ring (bicyclic) bond motifs is 3. The number of phenols is 1. The monoisotopic (exact) mass is 346 g/mol. The summed E-state index contributed by atoms with van der Waals surface area (Å²) in [6, 6.07) is 11.8. The molecule has 0 bridgehead atoms. The van der Waals surface area contributed by atoms with E-state index in [1.54, 1.807) is 23.5 Å². The summed E-state index contributed by atoms with van der Waals surface area (Å²) in [7, 11) is 0. The Labute approximate surface area is 150 Å². The van der Waals surface area contributed by atoms with Gasteiger partial charge in [0.2, 0.25) is 0 Å². The molecule has 0 unspecified atom stereocenters. The van der Waals surface area contributed by atoms with Gasteiger partial charge in [-0.05, 0) is 35.6 Å². The van der Waals surface area contributed by atoms with Crippen molar-refractivity contribution < 1.29 is 5.11 Å². The Morgan fingerprint density at radius 3 is 2.68 bits per heavy atom. The van der Waals surface area contributed by atoms with Gasteiger partial charge in [-0.2, -0.15) is 0 Å². The Kier molecular flexibility index (Phi) is 3.79. The zero-order valence-corrected chi connectivity index (χ0v) is 14.7. The molecule has 124 valence electrons. The molecule has 4 rings (SSSR count). The number of nitrogens with two attached hydrogens (primary N) is 1. The minimum atomic E-state index is -0.0206. The van der Waals surface area contributed by atoms with Crippen LogP contribution in [0, 0.1) is 0 Å². The summed E-state index contributed by atoms with van der Waals surface area (Å²) in [6.45, 7) is 5.82. The van der Waals surface area contributed by atoms with Crippen molar-refractivity contribution in [1.82, 2.24) is 4.98 Å². The SMILES string of the molecule is C=Cc1cc(O)c(-c2ccc([C@@H](C)N)cc2)c2c1ncc1sccc12. The molecule has 0 saturated heterocycles. The maximum absolute atomic E-state index is 10.8. The summed E-state index contributed by atoms with van der Waals surface area (Å²) in [6.07, 6.45) is 3.62. The molecule has 4 heteroatoms. The Balaban J connectivity index is 2.10. The lowest BCUT2D eigenvalue weighted by Crippen LogP contribution is -2.04. The highest BCUT2D eigenvalue weighted by atomic mass is 32.1. The predicted molar refractivity (Wildman–Crippen MR) is 107 cm³/mol. The van der Waals surface area contributed by atoms with Gasteiger partial charge in [-0.1, -0.05) is 36.9 Å². The van der Waals surface area contributed by atoms with Gasteiger partial charge in [-0.25, -0.2) is 0 Å². The van der Waals surface area contributed by atoms with Gasteiger partial charge in [-0.3, -0.25) is 4.98 Å². The molecule has 0 aliphatic rings. The van der Waals surface area contributed by atoms with Crippen molar-refractivity contribution >= 4 is 38.4 Å². The fourth-order valence-electron chi connectivity index (χ4n) is 3.23. The third-order valence-electron chi connectivity index (χ3n) is 4.53. The van der Waals surface area contributed by atoms with Gasteiger partial charge in [-0.15, -0.1) is 11.3 Å². The molecule has 0 spiro atoms. The number of aromatic nitrogens is 1. The summed E-state index contributed by atoms with van der Waals surface area (Å²) in [4.78, 5) is 4.63. The molecule has 2 aromatic carbocycles. The molecule has 3 nitrogen and oxygen atoms in total. The van der Waals surface area contributed by atoms with Gasteiger partial charge >= 0.3 is 0 Å². The lowest BCUT2D eigenvalue weighted by atomic mass is 9.93. The molecule has 0 amide bonds. The third kappa shape index (κ3) is 2.51. The molecule has 0 aliphatic carbocycles. The number of hydrogen-bond acceptors (Lipinski definition) is 4. The fourth-order valence-corrected chi connectivity index (χ4v) is 3.99. The Bertz CT molecular complexity index is 1090. The van der Waals surface area contributed by atoms with Crippen molar-refractivity contribution in [3.8, 4) is 16.9 Å². The quantitative estimate of drug-likeness (QED) is 0.516. The Hall–Kier alpha value is -2.69. The number of pyridine rings is 1. The van der Waals surface area contributed by atoms with Crippen LogP contribution < -0.4 is 5.73 Å². The van der Waals surface area contributed by atoms with E-state index in [4.69, 9.17) is 5.73 Å². The van der Waals surface area contributed by atoms with Crippen LogP contribution >= 0.6 is 11.3 Å². The van der Waals surface area contributed by atoms with Crippen LogP contribution in [0.1, 0.15) is 24.1 Å². The average molecular weight is 346 g/mol. The van der Waals surface area contributed by atoms with Crippen LogP contribution in [0.25, 0.3) is 38.2 Å². The van der Waals surface area contributed by atoms with Gasteiger partial charge in [0.05, 0.1) is 10.2 Å². The van der Waals surface area contributed by atoms with E-state index < -0.39 is 0 Å². The summed E-state index contributed by atoms with van der Waals surface area (Å²) in [5, 5.41) is 14.9. The zero-order chi connectivity index (χ0) is 17.6. The Morgan fingerprint density at radius 1 is 1.24 bits per heavy atom. The van der Waals surface area contributed by atoms with E-state index in [1.807, 2.05) is 42.8 Å². The molecule has 0 saturated carbocycles. The lowest BCUT2D eigenvalue weighted by Gasteiger charge is -2.14. The van der Waals surface area contributed by atoms with Gasteiger partial charge < -0.3 is 10.8 Å². The van der Waals surface area contributed by atoms with Crippen molar-refractivity contribution in [2.45, 2.75) is 13.0 Å². The third-order valence-corrected chi connectivity index (χ3v) is 5.38. The number of nitrogens with zero attached hydrogens (tertiary/aromatic N) is 1. The van der Waals surface area contributed by atoms with Crippen LogP contribution in [0.5, 0.6) is 5.75 Å². The van der Waals surface area contributed by atoms with E-state index >= 15 is 0 Å². The van der Waals surface area contributed by atoms with Crippen molar-refractivity contribution in [3.63, 3.8) is 0 Å². The molecule has 2 aromatic heterocycles. The molecular weight excluding hydrogens is 328 g/mol. The topological polar surface area (TPSA) is 59.1 Å². The first-order chi connectivity index (χ1) is 12.1. The second kappa shape index (κ2) is 5.99. The molecule has 3 N–H and O–H groups in total. The molecule has 2 heterocycles. The highest BCUT2D eigenvalue weighted by Gasteiger charge is 2.17. The molecule has 1 atom stereocenters. The Morgan fingerprint density at radius 2 is 2.00 bits per heavy atom. The van der Waals surface area contributed by atoms with E-state index in [0.717, 1.165) is 43.2 Å². The maximum Gasteiger partial charge on any atom is 0.124 e. The number of benzene rings is 2. The molecule has 25 heavy (non-hydrogen) atoms. The van der Waals surface area contributed by atoms with Crippen molar-refractivity contribution in [3.05, 3.63) is 65.7 Å². The van der Waals surface area contributed by atoms with Crippen molar-refractivity contribution in [2.75, 3.05) is 0 Å². The standard InChI is InChI=1S/C21H18N2OS/c1-3-13-10-17(24)19(15-6-4-14(5-7-15)12(2)22)20-16-8-9-25-18(16)11-23-21(13)20/h3-12,24H,1,22H2,2H3/t12-/m1/s1.